The summed E-state index contributed by atoms with van der Waals surface area (Å²) in [7, 11) is 0. The Morgan fingerprint density at radius 3 is 2.38 bits per heavy atom. The summed E-state index contributed by atoms with van der Waals surface area (Å²) in [5.41, 5.74) is 2.26. The van der Waals surface area contributed by atoms with Crippen molar-refractivity contribution in [3.63, 3.8) is 0 Å². The maximum Gasteiger partial charge on any atom is 0.138 e. The zero-order valence-corrected chi connectivity index (χ0v) is 11.1. The summed E-state index contributed by atoms with van der Waals surface area (Å²) < 4.78 is 5.22. The van der Waals surface area contributed by atoms with Crippen LogP contribution in [0.4, 0.5) is 0 Å². The van der Waals surface area contributed by atoms with Gasteiger partial charge in [0.2, 0.25) is 0 Å². The predicted molar refractivity (Wildman–Crippen MR) is 66.5 cm³/mol. The lowest BCUT2D eigenvalue weighted by molar-refractivity contribution is 0.387. The Hall–Kier alpha value is -0.830. The van der Waals surface area contributed by atoms with Crippen LogP contribution in [0.5, 0.6) is 0 Å². The van der Waals surface area contributed by atoms with Gasteiger partial charge < -0.3 is 9.84 Å². The van der Waals surface area contributed by atoms with E-state index in [0.29, 0.717) is 6.04 Å². The van der Waals surface area contributed by atoms with Gasteiger partial charge in [0.15, 0.2) is 0 Å². The van der Waals surface area contributed by atoms with Crippen LogP contribution in [-0.2, 0) is 0 Å². The fraction of sp³-hybridized carbons (Fsp3) is 0.769. The van der Waals surface area contributed by atoms with Crippen molar-refractivity contribution in [2.75, 3.05) is 6.54 Å². The van der Waals surface area contributed by atoms with Gasteiger partial charge in [-0.15, -0.1) is 0 Å². The van der Waals surface area contributed by atoms with Crippen molar-refractivity contribution < 1.29 is 4.52 Å². The standard InChI is InChI=1S/C13H24N2O/c1-6-9(3)8-14-12(7-2)13-10(4)15-16-11(13)5/h9,12,14H,6-8H2,1-5H3. The fourth-order valence-corrected chi connectivity index (χ4v) is 1.93. The molecule has 0 amide bonds. The third-order valence-electron chi connectivity index (χ3n) is 3.25. The van der Waals surface area contributed by atoms with E-state index < -0.39 is 0 Å². The average Bonchev–Trinajstić information content (AvgIpc) is 2.61. The Kier molecular flexibility index (Phi) is 5.00. The number of nitrogens with zero attached hydrogens (tertiary/aromatic N) is 1. The molecule has 92 valence electrons. The van der Waals surface area contributed by atoms with Gasteiger partial charge in [0.25, 0.3) is 0 Å². The zero-order valence-electron chi connectivity index (χ0n) is 11.1. The highest BCUT2D eigenvalue weighted by molar-refractivity contribution is 5.24. The van der Waals surface area contributed by atoms with Crippen molar-refractivity contribution >= 4 is 0 Å². The van der Waals surface area contributed by atoms with Crippen molar-refractivity contribution in [1.82, 2.24) is 10.5 Å². The summed E-state index contributed by atoms with van der Waals surface area (Å²) >= 11 is 0. The molecular weight excluding hydrogens is 200 g/mol. The third kappa shape index (κ3) is 3.08. The first-order chi connectivity index (χ1) is 7.60. The van der Waals surface area contributed by atoms with Gasteiger partial charge in [-0.3, -0.25) is 0 Å². The molecule has 2 unspecified atom stereocenters. The van der Waals surface area contributed by atoms with Crippen molar-refractivity contribution in [2.24, 2.45) is 5.92 Å². The van der Waals surface area contributed by atoms with Gasteiger partial charge in [0.05, 0.1) is 5.69 Å². The normalized spacial score (nSPS) is 15.1. The van der Waals surface area contributed by atoms with E-state index in [4.69, 9.17) is 4.52 Å². The lowest BCUT2D eigenvalue weighted by atomic mass is 10.0. The Balaban J connectivity index is 2.67. The van der Waals surface area contributed by atoms with E-state index in [1.54, 1.807) is 0 Å². The highest BCUT2D eigenvalue weighted by Gasteiger charge is 2.18. The van der Waals surface area contributed by atoms with Crippen LogP contribution in [0.1, 0.15) is 56.7 Å². The molecule has 16 heavy (non-hydrogen) atoms. The van der Waals surface area contributed by atoms with Gasteiger partial charge in [0, 0.05) is 11.6 Å². The summed E-state index contributed by atoms with van der Waals surface area (Å²) in [4.78, 5) is 0. The molecule has 1 rings (SSSR count). The van der Waals surface area contributed by atoms with Gasteiger partial charge in [0.1, 0.15) is 5.76 Å². The molecule has 2 atom stereocenters. The quantitative estimate of drug-likeness (QED) is 0.805. The van der Waals surface area contributed by atoms with Crippen molar-refractivity contribution in [2.45, 2.75) is 53.5 Å². The summed E-state index contributed by atoms with van der Waals surface area (Å²) in [6, 6.07) is 0.375. The SMILES string of the molecule is CCC(C)CNC(CC)c1c(C)noc1C. The van der Waals surface area contributed by atoms with Crippen molar-refractivity contribution in [3.8, 4) is 0 Å². The van der Waals surface area contributed by atoms with Gasteiger partial charge >= 0.3 is 0 Å². The molecule has 1 aromatic heterocycles. The van der Waals surface area contributed by atoms with Crippen LogP contribution >= 0.6 is 0 Å². The lowest BCUT2D eigenvalue weighted by Crippen LogP contribution is -2.26. The Labute approximate surface area is 98.6 Å². The smallest absolute Gasteiger partial charge is 0.138 e. The van der Waals surface area contributed by atoms with Crippen LogP contribution in [0, 0.1) is 19.8 Å². The molecule has 3 heteroatoms. The summed E-state index contributed by atoms with van der Waals surface area (Å²) in [6.07, 6.45) is 2.28. The molecule has 0 bridgehead atoms. The topological polar surface area (TPSA) is 38.1 Å². The van der Waals surface area contributed by atoms with E-state index in [-0.39, 0.29) is 0 Å². The molecule has 0 radical (unpaired) electrons. The van der Waals surface area contributed by atoms with Crippen LogP contribution in [0.2, 0.25) is 0 Å². The van der Waals surface area contributed by atoms with Crippen LogP contribution < -0.4 is 5.32 Å². The molecule has 0 aliphatic heterocycles. The second kappa shape index (κ2) is 6.04. The summed E-state index contributed by atoms with van der Waals surface area (Å²) in [6.45, 7) is 11.7. The number of hydrogen-bond donors (Lipinski definition) is 1. The van der Waals surface area contributed by atoms with Gasteiger partial charge in [-0.25, -0.2) is 0 Å². The van der Waals surface area contributed by atoms with E-state index in [1.807, 2.05) is 13.8 Å². The number of aryl methyl sites for hydroxylation is 2. The molecule has 1 N–H and O–H groups in total. The average molecular weight is 224 g/mol. The molecule has 1 heterocycles. The molecule has 0 saturated carbocycles. The molecule has 0 aliphatic rings. The Morgan fingerprint density at radius 2 is 1.94 bits per heavy atom. The van der Waals surface area contributed by atoms with E-state index in [9.17, 15) is 0 Å². The second-order valence-corrected chi connectivity index (χ2v) is 4.62. The summed E-state index contributed by atoms with van der Waals surface area (Å²) in [5, 5.41) is 7.62. The van der Waals surface area contributed by atoms with E-state index >= 15 is 0 Å². The first-order valence-corrected chi connectivity index (χ1v) is 6.26. The van der Waals surface area contributed by atoms with Crippen LogP contribution in [0.15, 0.2) is 4.52 Å². The zero-order chi connectivity index (χ0) is 12.1. The van der Waals surface area contributed by atoms with E-state index in [2.05, 4.69) is 31.2 Å². The predicted octanol–water partition coefficient (Wildman–Crippen LogP) is 3.38. The van der Waals surface area contributed by atoms with E-state index in [0.717, 1.165) is 30.3 Å². The number of rotatable bonds is 6. The number of aromatic nitrogens is 1. The molecular formula is C13H24N2O. The van der Waals surface area contributed by atoms with Gasteiger partial charge in [-0.1, -0.05) is 32.3 Å². The van der Waals surface area contributed by atoms with Crippen molar-refractivity contribution in [1.29, 1.82) is 0 Å². The lowest BCUT2D eigenvalue weighted by Gasteiger charge is -2.19. The second-order valence-electron chi connectivity index (χ2n) is 4.62. The molecule has 0 saturated heterocycles. The minimum absolute atomic E-state index is 0.375. The molecule has 0 spiro atoms. The highest BCUT2D eigenvalue weighted by Crippen LogP contribution is 2.24. The Bertz CT molecular complexity index is 300. The highest BCUT2D eigenvalue weighted by atomic mass is 16.5. The van der Waals surface area contributed by atoms with Crippen LogP contribution in [-0.4, -0.2) is 11.7 Å². The maximum atomic E-state index is 5.22. The minimum atomic E-state index is 0.375. The third-order valence-corrected chi connectivity index (χ3v) is 3.25. The first kappa shape index (κ1) is 13.2. The Morgan fingerprint density at radius 1 is 1.25 bits per heavy atom. The van der Waals surface area contributed by atoms with Crippen LogP contribution in [0.3, 0.4) is 0 Å². The van der Waals surface area contributed by atoms with Gasteiger partial charge in [-0.2, -0.15) is 0 Å². The van der Waals surface area contributed by atoms with Crippen molar-refractivity contribution in [3.05, 3.63) is 17.0 Å². The monoisotopic (exact) mass is 224 g/mol. The number of nitrogens with one attached hydrogen (secondary N) is 1. The largest absolute Gasteiger partial charge is 0.361 e. The fourth-order valence-electron chi connectivity index (χ4n) is 1.93. The molecule has 1 aromatic rings. The van der Waals surface area contributed by atoms with E-state index in [1.165, 1.54) is 12.0 Å². The first-order valence-electron chi connectivity index (χ1n) is 6.26. The minimum Gasteiger partial charge on any atom is -0.361 e. The molecule has 3 nitrogen and oxygen atoms in total. The maximum absolute atomic E-state index is 5.22. The van der Waals surface area contributed by atoms with Gasteiger partial charge in [-0.05, 0) is 32.7 Å². The van der Waals surface area contributed by atoms with Crippen LogP contribution in [0.25, 0.3) is 0 Å². The number of hydrogen-bond acceptors (Lipinski definition) is 3. The molecule has 0 fully saturated rings. The molecule has 0 aliphatic carbocycles. The molecule has 0 aromatic carbocycles. The summed E-state index contributed by atoms with van der Waals surface area (Å²) in [5.74, 6) is 1.66.